The molecule has 6 heteroatoms. The van der Waals surface area contributed by atoms with Gasteiger partial charge in [0.1, 0.15) is 5.75 Å². The van der Waals surface area contributed by atoms with Gasteiger partial charge >= 0.3 is 5.69 Å². The van der Waals surface area contributed by atoms with E-state index in [9.17, 15) is 10.1 Å². The molecule has 0 bridgehead atoms. The van der Waals surface area contributed by atoms with Crippen LogP contribution >= 0.6 is 15.9 Å². The third-order valence-corrected chi connectivity index (χ3v) is 3.61. The van der Waals surface area contributed by atoms with Gasteiger partial charge in [-0.05, 0) is 58.6 Å². The molecule has 0 heterocycles. The molecule has 110 valence electrons. The van der Waals surface area contributed by atoms with Crippen LogP contribution in [-0.2, 0) is 6.61 Å². The molecule has 0 radical (unpaired) electrons. The SMILES string of the molecule is Cc1cc(C)c(Oc2ccc(CO)cc2Br)c([N+](=O)[O-])c1. The Morgan fingerprint density at radius 2 is 2.00 bits per heavy atom. The Morgan fingerprint density at radius 1 is 1.29 bits per heavy atom. The second kappa shape index (κ2) is 6.24. The molecule has 0 unspecified atom stereocenters. The number of hydrogen-bond acceptors (Lipinski definition) is 4. The number of aliphatic hydroxyl groups excluding tert-OH is 1. The number of nitrogens with zero attached hydrogens (tertiary/aromatic N) is 1. The first-order chi connectivity index (χ1) is 9.92. The van der Waals surface area contributed by atoms with Crippen LogP contribution in [0.25, 0.3) is 0 Å². The molecule has 0 saturated carbocycles. The lowest BCUT2D eigenvalue weighted by Crippen LogP contribution is -1.97. The summed E-state index contributed by atoms with van der Waals surface area (Å²) in [6.45, 7) is 3.49. The van der Waals surface area contributed by atoms with Crippen LogP contribution in [0.2, 0.25) is 0 Å². The van der Waals surface area contributed by atoms with Crippen molar-refractivity contribution in [1.82, 2.24) is 0 Å². The summed E-state index contributed by atoms with van der Waals surface area (Å²) >= 11 is 3.34. The van der Waals surface area contributed by atoms with E-state index in [4.69, 9.17) is 9.84 Å². The van der Waals surface area contributed by atoms with Crippen LogP contribution in [0.3, 0.4) is 0 Å². The van der Waals surface area contributed by atoms with Crippen LogP contribution in [0.1, 0.15) is 16.7 Å². The van der Waals surface area contributed by atoms with Crippen molar-refractivity contribution >= 4 is 21.6 Å². The summed E-state index contributed by atoms with van der Waals surface area (Å²) in [5, 5.41) is 20.3. The van der Waals surface area contributed by atoms with Gasteiger partial charge in [0.25, 0.3) is 0 Å². The predicted octanol–water partition coefficient (Wildman–Crippen LogP) is 4.26. The quantitative estimate of drug-likeness (QED) is 0.659. The molecule has 5 nitrogen and oxygen atoms in total. The van der Waals surface area contributed by atoms with Crippen LogP contribution in [0.15, 0.2) is 34.8 Å². The molecule has 0 atom stereocenters. The van der Waals surface area contributed by atoms with Gasteiger partial charge in [-0.2, -0.15) is 0 Å². The standard InChI is InChI=1S/C15H14BrNO4/c1-9-5-10(2)15(13(6-9)17(19)20)21-14-4-3-11(8-18)7-12(14)16/h3-7,18H,8H2,1-2H3. The Balaban J connectivity index is 2.46. The maximum Gasteiger partial charge on any atom is 0.312 e. The van der Waals surface area contributed by atoms with E-state index in [1.807, 2.05) is 6.07 Å². The molecule has 1 N–H and O–H groups in total. The summed E-state index contributed by atoms with van der Waals surface area (Å²) in [5.74, 6) is 0.685. The first-order valence-corrected chi connectivity index (χ1v) is 7.04. The fourth-order valence-corrected chi connectivity index (χ4v) is 2.54. The number of aliphatic hydroxyl groups is 1. The van der Waals surface area contributed by atoms with Crippen LogP contribution in [0.4, 0.5) is 5.69 Å². The minimum Gasteiger partial charge on any atom is -0.449 e. The van der Waals surface area contributed by atoms with Crippen molar-refractivity contribution in [3.05, 3.63) is 61.6 Å². The van der Waals surface area contributed by atoms with Gasteiger partial charge in [0.15, 0.2) is 0 Å². The van der Waals surface area contributed by atoms with Gasteiger partial charge in [-0.3, -0.25) is 10.1 Å². The van der Waals surface area contributed by atoms with E-state index in [-0.39, 0.29) is 18.0 Å². The van der Waals surface area contributed by atoms with Crippen LogP contribution in [-0.4, -0.2) is 10.0 Å². The third kappa shape index (κ3) is 3.40. The molecule has 2 rings (SSSR count). The summed E-state index contributed by atoms with van der Waals surface area (Å²) in [5.41, 5.74) is 2.16. The zero-order valence-corrected chi connectivity index (χ0v) is 13.2. The van der Waals surface area contributed by atoms with E-state index >= 15 is 0 Å². The Labute approximate surface area is 130 Å². The average Bonchev–Trinajstić information content (AvgIpc) is 2.42. The highest BCUT2D eigenvalue weighted by Crippen LogP contribution is 2.38. The number of rotatable bonds is 4. The fraction of sp³-hybridized carbons (Fsp3) is 0.200. The molecule has 0 aliphatic rings. The molecular formula is C15H14BrNO4. The van der Waals surface area contributed by atoms with Gasteiger partial charge in [0, 0.05) is 6.07 Å². The summed E-state index contributed by atoms with van der Waals surface area (Å²) in [7, 11) is 0. The highest BCUT2D eigenvalue weighted by Gasteiger charge is 2.20. The first-order valence-electron chi connectivity index (χ1n) is 6.25. The zero-order valence-electron chi connectivity index (χ0n) is 11.6. The van der Waals surface area contributed by atoms with Crippen molar-refractivity contribution in [2.45, 2.75) is 20.5 Å². The normalized spacial score (nSPS) is 10.5. The van der Waals surface area contributed by atoms with E-state index in [0.29, 0.717) is 15.8 Å². The summed E-state index contributed by atoms with van der Waals surface area (Å²) in [6, 6.07) is 8.40. The van der Waals surface area contributed by atoms with E-state index in [1.165, 1.54) is 6.07 Å². The summed E-state index contributed by atoms with van der Waals surface area (Å²) in [4.78, 5) is 10.7. The third-order valence-electron chi connectivity index (χ3n) is 2.99. The van der Waals surface area contributed by atoms with E-state index in [1.54, 1.807) is 32.0 Å². The van der Waals surface area contributed by atoms with E-state index in [2.05, 4.69) is 15.9 Å². The van der Waals surface area contributed by atoms with Gasteiger partial charge in [0.05, 0.1) is 16.0 Å². The highest BCUT2D eigenvalue weighted by molar-refractivity contribution is 9.10. The van der Waals surface area contributed by atoms with Gasteiger partial charge in [-0.15, -0.1) is 0 Å². The average molecular weight is 352 g/mol. The number of nitro benzene ring substituents is 1. The number of nitro groups is 1. The Morgan fingerprint density at radius 3 is 2.57 bits per heavy atom. The molecule has 0 saturated heterocycles. The molecule has 21 heavy (non-hydrogen) atoms. The molecule has 0 spiro atoms. The predicted molar refractivity (Wildman–Crippen MR) is 82.7 cm³/mol. The second-order valence-corrected chi connectivity index (χ2v) is 5.57. The molecule has 0 aliphatic heterocycles. The maximum atomic E-state index is 11.2. The highest BCUT2D eigenvalue weighted by atomic mass is 79.9. The van der Waals surface area contributed by atoms with Crippen molar-refractivity contribution in [2.24, 2.45) is 0 Å². The first kappa shape index (κ1) is 15.5. The van der Waals surface area contributed by atoms with Gasteiger partial charge in [-0.1, -0.05) is 12.1 Å². The minimum absolute atomic E-state index is 0.0642. The second-order valence-electron chi connectivity index (χ2n) is 4.71. The van der Waals surface area contributed by atoms with Gasteiger partial charge in [-0.25, -0.2) is 0 Å². The Kier molecular flexibility index (Phi) is 4.59. The largest absolute Gasteiger partial charge is 0.449 e. The molecule has 2 aromatic carbocycles. The lowest BCUT2D eigenvalue weighted by molar-refractivity contribution is -0.385. The van der Waals surface area contributed by atoms with Crippen LogP contribution in [0.5, 0.6) is 11.5 Å². The van der Waals surface area contributed by atoms with Crippen LogP contribution < -0.4 is 4.74 Å². The molecule has 0 amide bonds. The summed E-state index contributed by atoms with van der Waals surface area (Å²) in [6.07, 6.45) is 0. The van der Waals surface area contributed by atoms with Crippen molar-refractivity contribution in [3.63, 3.8) is 0 Å². The Hall–Kier alpha value is -1.92. The molecule has 0 aromatic heterocycles. The van der Waals surface area contributed by atoms with Crippen molar-refractivity contribution in [2.75, 3.05) is 0 Å². The Bertz CT molecular complexity index is 700. The lowest BCUT2D eigenvalue weighted by atomic mass is 10.1. The van der Waals surface area contributed by atoms with Gasteiger partial charge < -0.3 is 9.84 Å². The van der Waals surface area contributed by atoms with Gasteiger partial charge in [0.2, 0.25) is 5.75 Å². The number of ether oxygens (including phenoxy) is 1. The van der Waals surface area contributed by atoms with E-state index < -0.39 is 4.92 Å². The van der Waals surface area contributed by atoms with Crippen LogP contribution in [0, 0.1) is 24.0 Å². The number of halogens is 1. The zero-order chi connectivity index (χ0) is 15.6. The van der Waals surface area contributed by atoms with Crippen molar-refractivity contribution < 1.29 is 14.8 Å². The maximum absolute atomic E-state index is 11.2. The van der Waals surface area contributed by atoms with Crippen molar-refractivity contribution in [3.8, 4) is 11.5 Å². The van der Waals surface area contributed by atoms with Crippen molar-refractivity contribution in [1.29, 1.82) is 0 Å². The molecule has 0 fully saturated rings. The number of benzene rings is 2. The monoisotopic (exact) mass is 351 g/mol. The number of hydrogen-bond donors (Lipinski definition) is 1. The number of aryl methyl sites for hydroxylation is 2. The minimum atomic E-state index is -0.453. The summed E-state index contributed by atoms with van der Waals surface area (Å²) < 4.78 is 6.34. The topological polar surface area (TPSA) is 72.6 Å². The molecule has 0 aliphatic carbocycles. The lowest BCUT2D eigenvalue weighted by Gasteiger charge is -2.12. The smallest absolute Gasteiger partial charge is 0.312 e. The fourth-order valence-electron chi connectivity index (χ4n) is 2.04. The molecule has 2 aromatic rings. The van der Waals surface area contributed by atoms with E-state index in [0.717, 1.165) is 11.1 Å². The molecular weight excluding hydrogens is 338 g/mol.